The summed E-state index contributed by atoms with van der Waals surface area (Å²) in [4.78, 5) is 35.4. The minimum Gasteiger partial charge on any atom is -1.00 e. The second-order valence-electron chi connectivity index (χ2n) is 12.6. The number of hydrogen-bond donors (Lipinski definition) is 0. The van der Waals surface area contributed by atoms with Gasteiger partial charge in [0.15, 0.2) is 34.7 Å². The van der Waals surface area contributed by atoms with Crippen LogP contribution in [0.4, 0.5) is 4.79 Å². The van der Waals surface area contributed by atoms with Crippen LogP contribution in [-0.2, 0) is 19.1 Å². The molecule has 0 aliphatic heterocycles. The molecule has 5 nitrogen and oxygen atoms in total. The molecule has 0 unspecified atom stereocenters. The second-order valence-corrected chi connectivity index (χ2v) is 12.6. The molecule has 0 heterocycles. The van der Waals surface area contributed by atoms with E-state index in [-0.39, 0.29) is 99.4 Å². The Balaban J connectivity index is -0.000000300. The fraction of sp³-hybridized carbons (Fsp3) is 0.919. The van der Waals surface area contributed by atoms with Gasteiger partial charge in [-0.3, -0.25) is 9.59 Å². The summed E-state index contributed by atoms with van der Waals surface area (Å²) < 4.78 is 9.30. The Bertz CT molecular complexity index is 597. The first-order valence-electron chi connectivity index (χ1n) is 18.6. The van der Waals surface area contributed by atoms with Crippen LogP contribution in [0.25, 0.3) is 0 Å². The van der Waals surface area contributed by atoms with Crippen LogP contribution < -0.4 is 0 Å². The van der Waals surface area contributed by atoms with Gasteiger partial charge in [-0.25, -0.2) is 4.79 Å². The van der Waals surface area contributed by atoms with Crippen molar-refractivity contribution in [2.45, 2.75) is 219 Å². The SMILES string of the molecule is CCCCCCCCCCCCCCCCCC(=O)OC(=O)OC(=O)CCCCCCCCCCCCCCCCC.[AlH3].[AlH3].[H-].[H-].[H-].[H-].[Mg+2].[Mg+2]. The van der Waals surface area contributed by atoms with Crippen molar-refractivity contribution in [1.29, 1.82) is 0 Å². The van der Waals surface area contributed by atoms with Gasteiger partial charge in [-0.15, -0.1) is 0 Å². The van der Waals surface area contributed by atoms with E-state index in [0.717, 1.165) is 25.7 Å². The fourth-order valence-corrected chi connectivity index (χ4v) is 5.59. The molecule has 0 fully saturated rings. The van der Waals surface area contributed by atoms with Gasteiger partial charge in [-0.05, 0) is 12.8 Å². The Morgan fingerprint density at radius 3 is 0.717 bits per heavy atom. The number of hydrogen-bond acceptors (Lipinski definition) is 5. The molecule has 0 N–H and O–H groups in total. The third kappa shape index (κ3) is 47.3. The van der Waals surface area contributed by atoms with Crippen molar-refractivity contribution in [3.05, 3.63) is 0 Å². The maximum atomic E-state index is 11.8. The Morgan fingerprint density at radius 2 is 0.522 bits per heavy atom. The van der Waals surface area contributed by atoms with Crippen LogP contribution in [0.3, 0.4) is 0 Å². The molecule has 46 heavy (non-hydrogen) atoms. The first-order valence-corrected chi connectivity index (χ1v) is 18.6. The second kappa shape index (κ2) is 48.3. The van der Waals surface area contributed by atoms with E-state index in [4.69, 9.17) is 0 Å². The predicted molar refractivity (Wildman–Crippen MR) is 213 cm³/mol. The maximum Gasteiger partial charge on any atom is 2.00 e. The number of carbonyl (C=O) groups is 3. The van der Waals surface area contributed by atoms with Gasteiger partial charge in [0.2, 0.25) is 0 Å². The molecular formula is C37H80Al2Mg2O5. The van der Waals surface area contributed by atoms with E-state index in [1.54, 1.807) is 0 Å². The Morgan fingerprint density at radius 1 is 0.348 bits per heavy atom. The summed E-state index contributed by atoms with van der Waals surface area (Å²) in [5.74, 6) is -1.20. The quantitative estimate of drug-likeness (QED) is 0.0301. The van der Waals surface area contributed by atoms with Gasteiger partial charge in [0.25, 0.3) is 0 Å². The van der Waals surface area contributed by atoms with Crippen LogP contribution in [0.15, 0.2) is 0 Å². The van der Waals surface area contributed by atoms with Gasteiger partial charge in [0.05, 0.1) is 0 Å². The summed E-state index contributed by atoms with van der Waals surface area (Å²) in [6, 6.07) is 0. The van der Waals surface area contributed by atoms with Crippen molar-refractivity contribution in [2.24, 2.45) is 0 Å². The van der Waals surface area contributed by atoms with Crippen molar-refractivity contribution in [3.63, 3.8) is 0 Å². The first-order chi connectivity index (χ1) is 20.6. The van der Waals surface area contributed by atoms with Crippen LogP contribution >= 0.6 is 0 Å². The molecule has 268 valence electrons. The molecule has 0 aromatic rings. The zero-order valence-corrected chi connectivity index (χ0v) is 32.4. The van der Waals surface area contributed by atoms with E-state index >= 15 is 0 Å². The van der Waals surface area contributed by atoms with Gasteiger partial charge >= 0.3 is 64.2 Å². The molecule has 0 aliphatic rings. The zero-order chi connectivity index (χ0) is 30.8. The van der Waals surface area contributed by atoms with Crippen LogP contribution in [-0.4, -0.2) is 98.9 Å². The monoisotopic (exact) mass is 707 g/mol. The van der Waals surface area contributed by atoms with Gasteiger partial charge in [0.1, 0.15) is 0 Å². The standard InChI is InChI=1S/C37H70O5.2Al.2Mg.10H/c1-3-5-7-9-11-13-15-17-19-21-23-25-27-29-31-33-35(38)41-37(40)42-36(39)34-32-30-28-26-24-22-20-18-16-14-12-10-8-6-4-2;;;;;;;;;;;;;;/h3-34H2,1-2H3;;;;;;;;;;;;;;/q;;;2*+2;;;;;;;4*-1. The summed E-state index contributed by atoms with van der Waals surface area (Å²) in [5, 5.41) is 0. The molecule has 0 saturated heterocycles. The molecule has 0 aliphatic carbocycles. The number of unbranched alkanes of at least 4 members (excludes halogenated alkanes) is 28. The van der Waals surface area contributed by atoms with Crippen LogP contribution in [0.5, 0.6) is 0 Å². The third-order valence-electron chi connectivity index (χ3n) is 8.36. The van der Waals surface area contributed by atoms with Gasteiger partial charge in [-0.1, -0.05) is 194 Å². The molecule has 9 heteroatoms. The van der Waals surface area contributed by atoms with E-state index < -0.39 is 18.1 Å². The Labute approximate surface area is 345 Å². The van der Waals surface area contributed by atoms with E-state index in [0.29, 0.717) is 12.8 Å². The van der Waals surface area contributed by atoms with Gasteiger partial charge in [0, 0.05) is 12.8 Å². The smallest absolute Gasteiger partial charge is 1.00 e. The molecule has 0 saturated carbocycles. The van der Waals surface area contributed by atoms with Gasteiger partial charge in [-0.2, -0.15) is 0 Å². The zero-order valence-electron chi connectivity index (χ0n) is 33.6. The van der Waals surface area contributed by atoms with Crippen LogP contribution in [0.1, 0.15) is 225 Å². The summed E-state index contributed by atoms with van der Waals surface area (Å²) in [6.07, 6.45) is 37.0. The largest absolute Gasteiger partial charge is 2.00 e. The van der Waals surface area contributed by atoms with E-state index in [1.165, 1.54) is 154 Å². The average Bonchev–Trinajstić information content (AvgIpc) is 2.97. The number of carbonyl (C=O) groups excluding carboxylic acids is 3. The van der Waals surface area contributed by atoms with E-state index in [9.17, 15) is 14.4 Å². The molecule has 0 radical (unpaired) electrons. The van der Waals surface area contributed by atoms with Gasteiger partial charge < -0.3 is 15.2 Å². The fourth-order valence-electron chi connectivity index (χ4n) is 5.59. The molecule has 0 spiro atoms. The summed E-state index contributed by atoms with van der Waals surface area (Å²) in [5.41, 5.74) is 0. The Kier molecular flexibility index (Phi) is 59.4. The van der Waals surface area contributed by atoms with Crippen LogP contribution in [0.2, 0.25) is 0 Å². The molecular weight excluding hydrogens is 627 g/mol. The van der Waals surface area contributed by atoms with E-state index in [2.05, 4.69) is 23.3 Å². The maximum absolute atomic E-state index is 11.8. The van der Waals surface area contributed by atoms with Crippen molar-refractivity contribution < 1.29 is 29.6 Å². The predicted octanol–water partition coefficient (Wildman–Crippen LogP) is 10.0. The average molecular weight is 708 g/mol. The minimum absolute atomic E-state index is 0. The number of ether oxygens (including phenoxy) is 2. The normalized spacial score (nSPS) is 10.1. The van der Waals surface area contributed by atoms with Crippen molar-refractivity contribution in [2.75, 3.05) is 0 Å². The molecule has 0 rings (SSSR count). The topological polar surface area (TPSA) is 69.7 Å². The number of rotatable bonds is 32. The summed E-state index contributed by atoms with van der Waals surface area (Å²) in [7, 11) is 0. The number of esters is 2. The minimum atomic E-state index is -1.17. The van der Waals surface area contributed by atoms with Crippen molar-refractivity contribution >= 4 is 98.9 Å². The molecule has 0 bridgehead atoms. The molecule has 0 atom stereocenters. The third-order valence-corrected chi connectivity index (χ3v) is 8.36. The van der Waals surface area contributed by atoms with Crippen LogP contribution in [0, 0.1) is 0 Å². The molecule has 0 aromatic carbocycles. The Hall–Kier alpha value is 1.21. The van der Waals surface area contributed by atoms with E-state index in [1.807, 2.05) is 0 Å². The van der Waals surface area contributed by atoms with Crippen molar-refractivity contribution in [3.8, 4) is 0 Å². The molecule has 0 amide bonds. The van der Waals surface area contributed by atoms with Crippen molar-refractivity contribution in [1.82, 2.24) is 0 Å². The molecule has 0 aromatic heterocycles. The summed E-state index contributed by atoms with van der Waals surface area (Å²) >= 11 is 0. The summed E-state index contributed by atoms with van der Waals surface area (Å²) in [6.45, 7) is 4.53. The first kappa shape index (κ1) is 56.6.